The molecule has 0 heterocycles. The van der Waals surface area contributed by atoms with Crippen LogP contribution in [0.5, 0.6) is 5.75 Å². The number of rotatable bonds is 3. The maximum absolute atomic E-state index is 12.7. The molecule has 0 saturated carbocycles. The SMILES string of the molecule is C#CC(Oc1cc[c]cc1)c1cccc(C(F)(F)F)c1. The predicted molar refractivity (Wildman–Crippen MR) is 68.9 cm³/mol. The Labute approximate surface area is 115 Å². The van der Waals surface area contributed by atoms with Crippen molar-refractivity contribution in [3.05, 3.63) is 65.7 Å². The fourth-order valence-corrected chi connectivity index (χ4v) is 1.66. The fraction of sp³-hybridized carbons (Fsp3) is 0.125. The van der Waals surface area contributed by atoms with E-state index in [2.05, 4.69) is 12.0 Å². The lowest BCUT2D eigenvalue weighted by atomic mass is 10.1. The first-order chi connectivity index (χ1) is 9.50. The van der Waals surface area contributed by atoms with Gasteiger partial charge in [0.05, 0.1) is 5.56 Å². The van der Waals surface area contributed by atoms with Crippen LogP contribution in [0, 0.1) is 18.4 Å². The first kappa shape index (κ1) is 14.0. The average Bonchev–Trinajstić information content (AvgIpc) is 2.45. The van der Waals surface area contributed by atoms with E-state index < -0.39 is 17.8 Å². The lowest BCUT2D eigenvalue weighted by Gasteiger charge is -2.15. The number of halogens is 3. The average molecular weight is 275 g/mol. The van der Waals surface area contributed by atoms with E-state index in [-0.39, 0.29) is 5.56 Å². The third-order valence-corrected chi connectivity index (χ3v) is 2.61. The molecule has 0 fully saturated rings. The summed E-state index contributed by atoms with van der Waals surface area (Å²) in [6, 6.07) is 14.2. The van der Waals surface area contributed by atoms with Gasteiger partial charge in [-0.15, -0.1) is 6.42 Å². The number of hydrogen-bond acceptors (Lipinski definition) is 1. The maximum Gasteiger partial charge on any atom is 0.416 e. The van der Waals surface area contributed by atoms with Gasteiger partial charge in [-0.05, 0) is 30.3 Å². The molecule has 0 aromatic heterocycles. The number of alkyl halides is 3. The van der Waals surface area contributed by atoms with Crippen molar-refractivity contribution in [1.29, 1.82) is 0 Å². The summed E-state index contributed by atoms with van der Waals surface area (Å²) in [5.74, 6) is 2.82. The molecule has 2 rings (SSSR count). The molecular formula is C16H10F3O. The van der Waals surface area contributed by atoms with E-state index in [4.69, 9.17) is 11.2 Å². The Morgan fingerprint density at radius 1 is 1.15 bits per heavy atom. The van der Waals surface area contributed by atoms with Crippen LogP contribution in [0.2, 0.25) is 0 Å². The minimum atomic E-state index is -4.41. The summed E-state index contributed by atoms with van der Waals surface area (Å²) in [5, 5.41) is 0. The molecule has 2 aromatic carbocycles. The van der Waals surface area contributed by atoms with Crippen molar-refractivity contribution in [3.63, 3.8) is 0 Å². The van der Waals surface area contributed by atoms with Gasteiger partial charge in [-0.3, -0.25) is 0 Å². The first-order valence-electron chi connectivity index (χ1n) is 5.77. The van der Waals surface area contributed by atoms with Crippen LogP contribution in [-0.2, 0) is 6.18 Å². The largest absolute Gasteiger partial charge is 0.473 e. The Morgan fingerprint density at radius 3 is 2.45 bits per heavy atom. The van der Waals surface area contributed by atoms with Gasteiger partial charge in [0, 0.05) is 5.56 Å². The number of hydrogen-bond donors (Lipinski definition) is 0. The summed E-state index contributed by atoms with van der Waals surface area (Å²) < 4.78 is 43.5. The molecular weight excluding hydrogens is 265 g/mol. The topological polar surface area (TPSA) is 9.23 Å². The van der Waals surface area contributed by atoms with Crippen molar-refractivity contribution in [1.82, 2.24) is 0 Å². The molecule has 0 bridgehead atoms. The van der Waals surface area contributed by atoms with Crippen molar-refractivity contribution >= 4 is 0 Å². The van der Waals surface area contributed by atoms with Gasteiger partial charge in [-0.1, -0.05) is 30.2 Å². The molecule has 1 nitrogen and oxygen atoms in total. The van der Waals surface area contributed by atoms with Crippen molar-refractivity contribution < 1.29 is 17.9 Å². The molecule has 0 amide bonds. The predicted octanol–water partition coefficient (Wildman–Crippen LogP) is 4.26. The molecule has 4 heteroatoms. The maximum atomic E-state index is 12.7. The molecule has 0 aliphatic heterocycles. The quantitative estimate of drug-likeness (QED) is 0.760. The van der Waals surface area contributed by atoms with E-state index in [1.165, 1.54) is 12.1 Å². The van der Waals surface area contributed by atoms with Gasteiger partial charge in [0.2, 0.25) is 0 Å². The van der Waals surface area contributed by atoms with Gasteiger partial charge in [0.15, 0.2) is 6.10 Å². The molecule has 2 aromatic rings. The van der Waals surface area contributed by atoms with E-state index in [0.29, 0.717) is 5.75 Å². The Hall–Kier alpha value is -2.41. The van der Waals surface area contributed by atoms with Crippen molar-refractivity contribution in [3.8, 4) is 18.1 Å². The molecule has 20 heavy (non-hydrogen) atoms. The Bertz CT molecular complexity index is 612. The molecule has 1 radical (unpaired) electrons. The zero-order valence-corrected chi connectivity index (χ0v) is 10.3. The molecule has 1 atom stereocenters. The van der Waals surface area contributed by atoms with E-state index >= 15 is 0 Å². The summed E-state index contributed by atoms with van der Waals surface area (Å²) in [6.07, 6.45) is 0.0665. The van der Waals surface area contributed by atoms with Crippen LogP contribution in [0.1, 0.15) is 17.2 Å². The number of ether oxygens (including phenoxy) is 1. The summed E-state index contributed by atoms with van der Waals surface area (Å²) in [4.78, 5) is 0. The minimum Gasteiger partial charge on any atom is -0.473 e. The van der Waals surface area contributed by atoms with Gasteiger partial charge in [0.25, 0.3) is 0 Å². The highest BCUT2D eigenvalue weighted by Gasteiger charge is 2.31. The van der Waals surface area contributed by atoms with Gasteiger partial charge in [0.1, 0.15) is 5.75 Å². The molecule has 0 aliphatic carbocycles. The molecule has 101 valence electrons. The van der Waals surface area contributed by atoms with Crippen LogP contribution in [0.15, 0.2) is 48.5 Å². The highest BCUT2D eigenvalue weighted by molar-refractivity contribution is 5.32. The normalized spacial score (nSPS) is 12.5. The highest BCUT2D eigenvalue weighted by Crippen LogP contribution is 2.31. The molecule has 1 unspecified atom stereocenters. The third-order valence-electron chi connectivity index (χ3n) is 2.61. The summed E-state index contributed by atoms with van der Waals surface area (Å²) >= 11 is 0. The standard InChI is InChI=1S/C16H10F3O/c1-2-15(20-14-9-4-3-5-10-14)12-7-6-8-13(11-12)16(17,18)19/h1,4-11,15H. The van der Waals surface area contributed by atoms with E-state index in [1.54, 1.807) is 24.3 Å². The Balaban J connectivity index is 2.27. The fourth-order valence-electron chi connectivity index (χ4n) is 1.66. The molecule has 0 aliphatic rings. The smallest absolute Gasteiger partial charge is 0.416 e. The number of terminal acetylenes is 1. The zero-order valence-electron chi connectivity index (χ0n) is 10.3. The summed E-state index contributed by atoms with van der Waals surface area (Å²) in [5.41, 5.74) is -0.463. The van der Waals surface area contributed by atoms with Gasteiger partial charge >= 0.3 is 6.18 Å². The molecule has 0 spiro atoms. The second-order valence-electron chi connectivity index (χ2n) is 4.02. The highest BCUT2D eigenvalue weighted by atomic mass is 19.4. The van der Waals surface area contributed by atoms with Gasteiger partial charge in [-0.25, -0.2) is 0 Å². The minimum absolute atomic E-state index is 0.287. The molecule has 0 N–H and O–H groups in total. The monoisotopic (exact) mass is 275 g/mol. The zero-order chi connectivity index (χ0) is 14.6. The van der Waals surface area contributed by atoms with Crippen molar-refractivity contribution in [2.45, 2.75) is 12.3 Å². The van der Waals surface area contributed by atoms with Gasteiger partial charge in [-0.2, -0.15) is 13.2 Å². The van der Waals surface area contributed by atoms with Crippen molar-refractivity contribution in [2.24, 2.45) is 0 Å². The van der Waals surface area contributed by atoms with E-state index in [9.17, 15) is 13.2 Å². The van der Waals surface area contributed by atoms with Crippen molar-refractivity contribution in [2.75, 3.05) is 0 Å². The van der Waals surface area contributed by atoms with Crippen LogP contribution in [0.3, 0.4) is 0 Å². The third kappa shape index (κ3) is 3.33. The molecule has 0 saturated heterocycles. The van der Waals surface area contributed by atoms with Crippen LogP contribution in [0.4, 0.5) is 13.2 Å². The second-order valence-corrected chi connectivity index (χ2v) is 4.02. The Kier molecular flexibility index (Phi) is 3.99. The Morgan fingerprint density at radius 2 is 1.85 bits per heavy atom. The van der Waals surface area contributed by atoms with E-state index in [0.717, 1.165) is 12.1 Å². The van der Waals surface area contributed by atoms with Crippen LogP contribution in [0.25, 0.3) is 0 Å². The van der Waals surface area contributed by atoms with Crippen LogP contribution < -0.4 is 4.74 Å². The first-order valence-corrected chi connectivity index (χ1v) is 5.77. The summed E-state index contributed by atoms with van der Waals surface area (Å²) in [6.45, 7) is 0. The van der Waals surface area contributed by atoms with Crippen LogP contribution in [-0.4, -0.2) is 0 Å². The lowest BCUT2D eigenvalue weighted by molar-refractivity contribution is -0.137. The second kappa shape index (κ2) is 5.70. The number of benzene rings is 2. The van der Waals surface area contributed by atoms with Gasteiger partial charge < -0.3 is 4.74 Å². The van der Waals surface area contributed by atoms with E-state index in [1.807, 2.05) is 0 Å². The summed E-state index contributed by atoms with van der Waals surface area (Å²) in [7, 11) is 0. The van der Waals surface area contributed by atoms with Crippen LogP contribution >= 0.6 is 0 Å². The lowest BCUT2D eigenvalue weighted by Crippen LogP contribution is -2.09.